The van der Waals surface area contributed by atoms with Gasteiger partial charge in [0.25, 0.3) is 0 Å². The van der Waals surface area contributed by atoms with Crippen molar-refractivity contribution in [3.8, 4) is 6.07 Å². The van der Waals surface area contributed by atoms with E-state index in [9.17, 15) is 10.1 Å². The standard InChI is InChI=1S/C20H15NO/c1-2-14-10-11-18(16(12-14)13-21)20(22)19-9-5-7-15-6-3-4-8-17(15)19/h3-12H,2H2,1H3. The van der Waals surface area contributed by atoms with Gasteiger partial charge >= 0.3 is 0 Å². The first-order valence-corrected chi connectivity index (χ1v) is 7.30. The number of hydrogen-bond donors (Lipinski definition) is 0. The van der Waals surface area contributed by atoms with Crippen LogP contribution < -0.4 is 0 Å². The maximum absolute atomic E-state index is 12.9. The van der Waals surface area contributed by atoms with Crippen LogP contribution in [0.1, 0.15) is 34.0 Å². The van der Waals surface area contributed by atoms with Gasteiger partial charge in [0.05, 0.1) is 11.6 Å². The highest BCUT2D eigenvalue weighted by Gasteiger charge is 2.16. The number of nitriles is 1. The van der Waals surface area contributed by atoms with E-state index in [1.165, 1.54) is 0 Å². The molecule has 3 rings (SSSR count). The third kappa shape index (κ3) is 2.38. The quantitative estimate of drug-likeness (QED) is 0.664. The molecule has 3 aromatic rings. The van der Waals surface area contributed by atoms with Gasteiger partial charge in [0.1, 0.15) is 0 Å². The van der Waals surface area contributed by atoms with E-state index in [-0.39, 0.29) is 5.78 Å². The van der Waals surface area contributed by atoms with E-state index < -0.39 is 0 Å². The molecule has 0 radical (unpaired) electrons. The molecule has 106 valence electrons. The predicted octanol–water partition coefficient (Wildman–Crippen LogP) is 4.50. The fraction of sp³-hybridized carbons (Fsp3) is 0.100. The summed E-state index contributed by atoms with van der Waals surface area (Å²) in [5.74, 6) is -0.101. The van der Waals surface area contributed by atoms with Gasteiger partial charge in [0.15, 0.2) is 5.78 Å². The fourth-order valence-electron chi connectivity index (χ4n) is 2.67. The van der Waals surface area contributed by atoms with Crippen LogP contribution in [-0.4, -0.2) is 5.78 Å². The summed E-state index contributed by atoms with van der Waals surface area (Å²) in [6, 6.07) is 21.1. The zero-order valence-corrected chi connectivity index (χ0v) is 12.3. The zero-order chi connectivity index (χ0) is 15.5. The average Bonchev–Trinajstić information content (AvgIpc) is 2.60. The van der Waals surface area contributed by atoms with Crippen molar-refractivity contribution in [2.24, 2.45) is 0 Å². The van der Waals surface area contributed by atoms with Crippen LogP contribution in [0.4, 0.5) is 0 Å². The highest BCUT2D eigenvalue weighted by atomic mass is 16.1. The number of fused-ring (bicyclic) bond motifs is 1. The topological polar surface area (TPSA) is 40.9 Å². The monoisotopic (exact) mass is 285 g/mol. The first-order chi connectivity index (χ1) is 10.7. The number of rotatable bonds is 3. The Morgan fingerprint density at radius 3 is 2.55 bits per heavy atom. The molecule has 0 amide bonds. The summed E-state index contributed by atoms with van der Waals surface area (Å²) in [4.78, 5) is 12.9. The minimum absolute atomic E-state index is 0.101. The molecule has 0 unspecified atom stereocenters. The lowest BCUT2D eigenvalue weighted by molar-refractivity contribution is 0.104. The lowest BCUT2D eigenvalue weighted by atomic mass is 9.93. The minimum atomic E-state index is -0.101. The molecule has 0 N–H and O–H groups in total. The SMILES string of the molecule is CCc1ccc(C(=O)c2cccc3ccccc23)c(C#N)c1. The average molecular weight is 285 g/mol. The van der Waals surface area contributed by atoms with E-state index in [0.29, 0.717) is 16.7 Å². The Balaban J connectivity index is 2.17. The zero-order valence-electron chi connectivity index (χ0n) is 12.3. The highest BCUT2D eigenvalue weighted by Crippen LogP contribution is 2.23. The Morgan fingerprint density at radius 2 is 1.77 bits per heavy atom. The van der Waals surface area contributed by atoms with Crippen molar-refractivity contribution in [3.63, 3.8) is 0 Å². The van der Waals surface area contributed by atoms with E-state index in [4.69, 9.17) is 0 Å². The van der Waals surface area contributed by atoms with Crippen LogP contribution in [0.25, 0.3) is 10.8 Å². The van der Waals surface area contributed by atoms with Crippen molar-refractivity contribution in [2.45, 2.75) is 13.3 Å². The number of aryl methyl sites for hydroxylation is 1. The van der Waals surface area contributed by atoms with Gasteiger partial charge in [0.2, 0.25) is 0 Å². The van der Waals surface area contributed by atoms with Gasteiger partial charge < -0.3 is 0 Å². The predicted molar refractivity (Wildman–Crippen MR) is 87.9 cm³/mol. The molecule has 3 aromatic carbocycles. The molecule has 0 aliphatic heterocycles. The third-order valence-corrected chi connectivity index (χ3v) is 3.89. The summed E-state index contributed by atoms with van der Waals surface area (Å²) in [5.41, 5.74) is 2.61. The van der Waals surface area contributed by atoms with E-state index >= 15 is 0 Å². The summed E-state index contributed by atoms with van der Waals surface area (Å²) in [5, 5.41) is 11.3. The molecule has 0 bridgehead atoms. The van der Waals surface area contributed by atoms with Crippen LogP contribution in [0.3, 0.4) is 0 Å². The summed E-state index contributed by atoms with van der Waals surface area (Å²) < 4.78 is 0. The molecule has 0 atom stereocenters. The van der Waals surface area contributed by atoms with Crippen LogP contribution in [-0.2, 0) is 6.42 Å². The number of nitrogens with zero attached hydrogens (tertiary/aromatic N) is 1. The highest BCUT2D eigenvalue weighted by molar-refractivity contribution is 6.17. The summed E-state index contributed by atoms with van der Waals surface area (Å²) in [7, 11) is 0. The second kappa shape index (κ2) is 5.83. The first-order valence-electron chi connectivity index (χ1n) is 7.30. The minimum Gasteiger partial charge on any atom is -0.289 e. The molecule has 0 aliphatic rings. The van der Waals surface area contributed by atoms with E-state index in [1.807, 2.05) is 55.5 Å². The van der Waals surface area contributed by atoms with Crippen molar-refractivity contribution in [1.29, 1.82) is 5.26 Å². The molecule has 0 heterocycles. The molecular formula is C20H15NO. The van der Waals surface area contributed by atoms with Gasteiger partial charge in [-0.15, -0.1) is 0 Å². The number of benzene rings is 3. The maximum Gasteiger partial charge on any atom is 0.194 e. The maximum atomic E-state index is 12.9. The number of hydrogen-bond acceptors (Lipinski definition) is 2. The Bertz CT molecular complexity index is 898. The normalized spacial score (nSPS) is 10.4. The molecule has 2 heteroatoms. The van der Waals surface area contributed by atoms with Crippen molar-refractivity contribution in [3.05, 3.63) is 82.9 Å². The molecule has 0 aromatic heterocycles. The van der Waals surface area contributed by atoms with Crippen molar-refractivity contribution >= 4 is 16.6 Å². The van der Waals surface area contributed by atoms with Gasteiger partial charge in [-0.2, -0.15) is 5.26 Å². The van der Waals surface area contributed by atoms with E-state index in [0.717, 1.165) is 22.8 Å². The summed E-state index contributed by atoms with van der Waals surface area (Å²) in [6.45, 7) is 2.03. The Morgan fingerprint density at radius 1 is 1.00 bits per heavy atom. The van der Waals surface area contributed by atoms with Crippen molar-refractivity contribution < 1.29 is 4.79 Å². The summed E-state index contributed by atoms with van der Waals surface area (Å²) in [6.07, 6.45) is 0.845. The number of carbonyl (C=O) groups is 1. The Kier molecular flexibility index (Phi) is 3.72. The lowest BCUT2D eigenvalue weighted by Crippen LogP contribution is -2.05. The van der Waals surface area contributed by atoms with Crippen LogP contribution in [0.2, 0.25) is 0 Å². The van der Waals surface area contributed by atoms with Gasteiger partial charge in [-0.25, -0.2) is 0 Å². The van der Waals surface area contributed by atoms with Crippen LogP contribution in [0.15, 0.2) is 60.7 Å². The largest absolute Gasteiger partial charge is 0.289 e. The van der Waals surface area contributed by atoms with Gasteiger partial charge in [0, 0.05) is 11.1 Å². The van der Waals surface area contributed by atoms with E-state index in [2.05, 4.69) is 6.07 Å². The molecule has 0 fully saturated rings. The van der Waals surface area contributed by atoms with Crippen LogP contribution in [0.5, 0.6) is 0 Å². The Hall–Kier alpha value is -2.92. The van der Waals surface area contributed by atoms with Crippen LogP contribution >= 0.6 is 0 Å². The molecule has 0 saturated carbocycles. The third-order valence-electron chi connectivity index (χ3n) is 3.89. The van der Waals surface area contributed by atoms with Gasteiger partial charge in [-0.1, -0.05) is 55.5 Å². The van der Waals surface area contributed by atoms with Gasteiger partial charge in [-0.3, -0.25) is 4.79 Å². The molecular weight excluding hydrogens is 270 g/mol. The summed E-state index contributed by atoms with van der Waals surface area (Å²) >= 11 is 0. The number of carbonyl (C=O) groups excluding carboxylic acids is 1. The van der Waals surface area contributed by atoms with E-state index in [1.54, 1.807) is 12.1 Å². The fourth-order valence-corrected chi connectivity index (χ4v) is 2.67. The van der Waals surface area contributed by atoms with Crippen molar-refractivity contribution in [2.75, 3.05) is 0 Å². The number of ketones is 1. The van der Waals surface area contributed by atoms with Crippen molar-refractivity contribution in [1.82, 2.24) is 0 Å². The smallest absolute Gasteiger partial charge is 0.194 e. The van der Waals surface area contributed by atoms with Crippen LogP contribution in [0, 0.1) is 11.3 Å². The molecule has 0 aliphatic carbocycles. The second-order valence-corrected chi connectivity index (χ2v) is 5.20. The Labute approximate surface area is 129 Å². The molecule has 0 saturated heterocycles. The lowest BCUT2D eigenvalue weighted by Gasteiger charge is -2.08. The first kappa shape index (κ1) is 14.0. The van der Waals surface area contributed by atoms with Gasteiger partial charge in [-0.05, 0) is 34.9 Å². The molecule has 2 nitrogen and oxygen atoms in total. The molecule has 0 spiro atoms. The second-order valence-electron chi connectivity index (χ2n) is 5.20. The molecule has 22 heavy (non-hydrogen) atoms.